The molecule has 3 aromatic carbocycles. The van der Waals surface area contributed by atoms with E-state index < -0.39 is 23.1 Å². The van der Waals surface area contributed by atoms with Crippen LogP contribution in [0.1, 0.15) is 65.7 Å². The Hall–Kier alpha value is -6.55. The summed E-state index contributed by atoms with van der Waals surface area (Å²) >= 11 is 0. The second-order valence-corrected chi connectivity index (χ2v) is 15.9. The number of aromatic nitrogens is 4. The van der Waals surface area contributed by atoms with E-state index in [0.717, 1.165) is 42.3 Å². The van der Waals surface area contributed by atoms with Crippen LogP contribution in [0.2, 0.25) is 0 Å². The van der Waals surface area contributed by atoms with E-state index in [9.17, 15) is 23.9 Å². The van der Waals surface area contributed by atoms with Crippen molar-refractivity contribution in [1.29, 1.82) is 0 Å². The van der Waals surface area contributed by atoms with Gasteiger partial charge in [-0.05, 0) is 98.8 Å². The van der Waals surface area contributed by atoms with Gasteiger partial charge in [-0.2, -0.15) is 0 Å². The van der Waals surface area contributed by atoms with Gasteiger partial charge in [0.25, 0.3) is 11.5 Å². The number of benzene rings is 3. The zero-order valence-electron chi connectivity index (χ0n) is 35.0. The molecule has 1 aliphatic heterocycles. The van der Waals surface area contributed by atoms with Gasteiger partial charge in [0.05, 0.1) is 30.0 Å². The Morgan fingerprint density at radius 1 is 1.02 bits per heavy atom. The number of fused-ring (bicyclic) bond motifs is 1. The molecule has 6 aromatic rings. The molecule has 0 spiro atoms. The molecule has 3 amide bonds. The molecule has 1 saturated heterocycles. The van der Waals surface area contributed by atoms with E-state index >= 15 is 4.39 Å². The lowest BCUT2D eigenvalue weighted by molar-refractivity contribution is 0.0780. The number of nitrogens with one attached hydrogen (secondary N) is 4. The number of carbonyl (C=O) groups excluding carboxylic acids is 2. The van der Waals surface area contributed by atoms with Crippen molar-refractivity contribution >= 4 is 28.7 Å². The number of H-pyrrole nitrogens is 1. The highest BCUT2D eigenvalue weighted by Gasteiger charge is 2.23. The fourth-order valence-electron chi connectivity index (χ4n) is 7.29. The molecule has 322 valence electrons. The number of urea groups is 1. The summed E-state index contributed by atoms with van der Waals surface area (Å²) in [7, 11) is 0. The lowest BCUT2D eigenvalue weighted by Crippen LogP contribution is -2.45. The second-order valence-electron chi connectivity index (χ2n) is 15.9. The van der Waals surface area contributed by atoms with Crippen LogP contribution >= 0.6 is 0 Å². The predicted octanol–water partition coefficient (Wildman–Crippen LogP) is 7.54. The van der Waals surface area contributed by atoms with Crippen molar-refractivity contribution in [3.8, 4) is 22.5 Å². The fourth-order valence-corrected chi connectivity index (χ4v) is 7.29. The molecule has 4 heterocycles. The van der Waals surface area contributed by atoms with Crippen LogP contribution in [-0.2, 0) is 30.0 Å². The number of anilines is 1. The van der Waals surface area contributed by atoms with Gasteiger partial charge in [-0.25, -0.2) is 23.5 Å². The van der Waals surface area contributed by atoms with Crippen LogP contribution in [0.3, 0.4) is 0 Å². The number of unbranched alkanes of at least 4 members (excludes halogenated alkanes) is 1. The van der Waals surface area contributed by atoms with Gasteiger partial charge < -0.3 is 40.2 Å². The molecular formula is C47H50F2N8O5. The van der Waals surface area contributed by atoms with Crippen molar-refractivity contribution in [3.63, 3.8) is 0 Å². The number of halogens is 2. The van der Waals surface area contributed by atoms with Crippen molar-refractivity contribution in [2.75, 3.05) is 31.6 Å². The first-order chi connectivity index (χ1) is 29.7. The molecule has 0 atom stereocenters. The van der Waals surface area contributed by atoms with Gasteiger partial charge in [0.15, 0.2) is 0 Å². The third-order valence-electron chi connectivity index (χ3n) is 10.9. The topological polar surface area (TPSA) is 166 Å². The molecule has 0 bridgehead atoms. The molecule has 13 nitrogen and oxygen atoms in total. The SMILES string of the molecule is C=C1CCN(Cc2cccn(CCOCCCCNCc3ccc(-c4cc5c(-c6cc(F)cc(NC(=O)c7ccc(C(C)(C)O)cc7F)c6C)ncnc5[nH]4)cc3)c2=O)C(=O)N1. The molecule has 0 aliphatic carbocycles. The molecule has 0 saturated carbocycles. The Morgan fingerprint density at radius 2 is 1.82 bits per heavy atom. The summed E-state index contributed by atoms with van der Waals surface area (Å²) in [4.78, 5) is 52.2. The van der Waals surface area contributed by atoms with Gasteiger partial charge in [0, 0.05) is 72.5 Å². The number of nitrogens with zero attached hydrogens (tertiary/aromatic N) is 4. The maximum atomic E-state index is 15.1. The summed E-state index contributed by atoms with van der Waals surface area (Å²) in [6.45, 7) is 12.3. The number of aliphatic hydroxyl groups is 1. The van der Waals surface area contributed by atoms with Crippen LogP contribution in [0.15, 0.2) is 102 Å². The van der Waals surface area contributed by atoms with Crippen molar-refractivity contribution in [3.05, 3.63) is 147 Å². The maximum Gasteiger partial charge on any atom is 0.321 e. The Morgan fingerprint density at radius 3 is 2.58 bits per heavy atom. The van der Waals surface area contributed by atoms with E-state index in [1.54, 1.807) is 28.7 Å². The first-order valence-corrected chi connectivity index (χ1v) is 20.5. The normalized spacial score (nSPS) is 13.2. The number of hydrogen-bond donors (Lipinski definition) is 5. The molecule has 0 radical (unpaired) electrons. The molecule has 0 unspecified atom stereocenters. The Kier molecular flexibility index (Phi) is 13.4. The average Bonchev–Trinajstić information content (AvgIpc) is 3.68. The van der Waals surface area contributed by atoms with Crippen LogP contribution in [-0.4, -0.2) is 67.8 Å². The zero-order chi connectivity index (χ0) is 44.0. The largest absolute Gasteiger partial charge is 0.386 e. The molecule has 62 heavy (non-hydrogen) atoms. The first-order valence-electron chi connectivity index (χ1n) is 20.5. The van der Waals surface area contributed by atoms with Crippen LogP contribution in [0.5, 0.6) is 0 Å². The van der Waals surface area contributed by atoms with Gasteiger partial charge in [-0.15, -0.1) is 0 Å². The van der Waals surface area contributed by atoms with Crippen molar-refractivity contribution in [2.24, 2.45) is 0 Å². The predicted molar refractivity (Wildman–Crippen MR) is 234 cm³/mol. The monoisotopic (exact) mass is 844 g/mol. The minimum Gasteiger partial charge on any atom is -0.386 e. The molecular weight excluding hydrogens is 795 g/mol. The second kappa shape index (κ2) is 19.0. The Balaban J connectivity index is 0.887. The summed E-state index contributed by atoms with van der Waals surface area (Å²) in [6.07, 6.45) is 5.57. The van der Waals surface area contributed by atoms with Crippen LogP contribution in [0.25, 0.3) is 33.5 Å². The number of rotatable bonds is 17. The van der Waals surface area contributed by atoms with Crippen LogP contribution < -0.4 is 21.5 Å². The molecule has 15 heteroatoms. The lowest BCUT2D eigenvalue weighted by Gasteiger charge is -2.28. The number of amides is 3. The van der Waals surface area contributed by atoms with Crippen LogP contribution in [0, 0.1) is 18.6 Å². The minimum atomic E-state index is -1.29. The summed E-state index contributed by atoms with van der Waals surface area (Å²) in [5, 5.41) is 19.7. The van der Waals surface area contributed by atoms with Gasteiger partial charge in [0.2, 0.25) is 0 Å². The maximum absolute atomic E-state index is 15.1. The summed E-state index contributed by atoms with van der Waals surface area (Å²) in [5.41, 5.74) is 4.90. The standard InChI is InChI=1S/C47H50F2N8O5/c1-29-15-18-57(46(60)53-29)27-33-8-7-17-56(45(33)59)19-21-62-20-6-5-16-50-26-31-9-11-32(12-10-31)41-25-38-42(51-28-52-43(38)54-41)37-23-35(48)24-40(30(37)2)55-44(58)36-14-13-34(22-39(36)49)47(3,4)61/h7-14,17,22-25,28,50,61H,1,5-6,15-16,18-21,26-27H2,2-4H3,(H,53,60)(H,55,58)(H,51,52,54). The molecule has 1 aliphatic rings. The minimum absolute atomic E-state index is 0.125. The summed E-state index contributed by atoms with van der Waals surface area (Å²) in [6, 6.07) is 19.8. The van der Waals surface area contributed by atoms with E-state index in [2.05, 4.69) is 37.5 Å². The number of pyridine rings is 1. The Labute approximate surface area is 357 Å². The lowest BCUT2D eigenvalue weighted by atomic mass is 9.96. The molecule has 1 fully saturated rings. The number of aromatic amines is 1. The van der Waals surface area contributed by atoms with E-state index in [4.69, 9.17) is 4.74 Å². The van der Waals surface area contributed by atoms with Gasteiger partial charge in [-0.1, -0.05) is 43.0 Å². The van der Waals surface area contributed by atoms with Crippen molar-refractivity contribution in [1.82, 2.24) is 35.1 Å². The number of hydrogen-bond acceptors (Lipinski definition) is 8. The highest BCUT2D eigenvalue weighted by molar-refractivity contribution is 6.06. The third kappa shape index (κ3) is 10.3. The van der Waals surface area contributed by atoms with Crippen molar-refractivity contribution in [2.45, 2.75) is 65.3 Å². The first kappa shape index (κ1) is 43.5. The smallest absolute Gasteiger partial charge is 0.321 e. The quantitative estimate of drug-likeness (QED) is 0.0588. The highest BCUT2D eigenvalue weighted by Crippen LogP contribution is 2.35. The summed E-state index contributed by atoms with van der Waals surface area (Å²) < 4.78 is 37.5. The number of ether oxygens (including phenoxy) is 1. The third-order valence-corrected chi connectivity index (χ3v) is 10.9. The molecule has 7 rings (SSSR count). The molecule has 5 N–H and O–H groups in total. The summed E-state index contributed by atoms with van der Waals surface area (Å²) in [5.74, 6) is -2.17. The Bertz CT molecular complexity index is 2670. The zero-order valence-corrected chi connectivity index (χ0v) is 35.0. The highest BCUT2D eigenvalue weighted by atomic mass is 19.1. The molecule has 3 aromatic heterocycles. The van der Waals surface area contributed by atoms with Gasteiger partial charge in [-0.3, -0.25) is 9.59 Å². The van der Waals surface area contributed by atoms with Gasteiger partial charge >= 0.3 is 6.03 Å². The number of carbonyl (C=O) groups is 2. The fraction of sp³-hybridized carbons (Fsp3) is 0.298. The van der Waals surface area contributed by atoms with Crippen molar-refractivity contribution < 1.29 is 28.2 Å². The average molecular weight is 845 g/mol. The van der Waals surface area contributed by atoms with Crippen LogP contribution in [0.4, 0.5) is 19.3 Å². The van der Waals surface area contributed by atoms with Gasteiger partial charge in [0.1, 0.15) is 23.6 Å². The van der Waals surface area contributed by atoms with E-state index in [1.807, 2.05) is 36.4 Å². The van der Waals surface area contributed by atoms with E-state index in [0.29, 0.717) is 83.9 Å². The van der Waals surface area contributed by atoms with E-state index in [1.165, 1.54) is 44.4 Å². The van der Waals surface area contributed by atoms with E-state index in [-0.39, 0.29) is 29.4 Å².